The maximum Gasteiger partial charge on any atom is 0.222 e. The summed E-state index contributed by atoms with van der Waals surface area (Å²) in [6, 6.07) is 20.4. The summed E-state index contributed by atoms with van der Waals surface area (Å²) in [7, 11) is 0. The van der Waals surface area contributed by atoms with E-state index in [1.54, 1.807) is 6.20 Å². The van der Waals surface area contributed by atoms with Crippen LogP contribution in [0.5, 0.6) is 0 Å². The van der Waals surface area contributed by atoms with Gasteiger partial charge in [0.2, 0.25) is 5.91 Å². The highest BCUT2D eigenvalue weighted by Crippen LogP contribution is 2.29. The van der Waals surface area contributed by atoms with Crippen molar-refractivity contribution in [3.8, 4) is 0 Å². The number of nitrogens with one attached hydrogen (secondary N) is 1. The summed E-state index contributed by atoms with van der Waals surface area (Å²) >= 11 is 0. The van der Waals surface area contributed by atoms with Gasteiger partial charge in [-0.25, -0.2) is 0 Å². The molecule has 0 aliphatic heterocycles. The van der Waals surface area contributed by atoms with Crippen molar-refractivity contribution in [2.75, 3.05) is 6.54 Å². The number of carbonyl (C=O) groups is 1. The Labute approximate surface area is 158 Å². The van der Waals surface area contributed by atoms with E-state index in [1.807, 2.05) is 53.6 Å². The quantitative estimate of drug-likeness (QED) is 0.548. The van der Waals surface area contributed by atoms with Crippen molar-refractivity contribution >= 4 is 16.7 Å². The highest BCUT2D eigenvalue weighted by molar-refractivity contribution is 5.87. The molecule has 2 aromatic heterocycles. The van der Waals surface area contributed by atoms with Gasteiger partial charge in [0.25, 0.3) is 0 Å². The molecule has 0 aliphatic rings. The molecule has 1 N–H and O–H groups in total. The maximum atomic E-state index is 12.6. The summed E-state index contributed by atoms with van der Waals surface area (Å²) in [5.41, 5.74) is 1.16. The lowest BCUT2D eigenvalue weighted by atomic mass is 9.96. The van der Waals surface area contributed by atoms with E-state index in [1.165, 1.54) is 10.8 Å². The van der Waals surface area contributed by atoms with Crippen molar-refractivity contribution < 1.29 is 4.79 Å². The van der Waals surface area contributed by atoms with Crippen LogP contribution < -0.4 is 5.32 Å². The van der Waals surface area contributed by atoms with E-state index in [2.05, 4.69) is 45.3 Å². The monoisotopic (exact) mass is 358 g/mol. The average Bonchev–Trinajstić information content (AvgIpc) is 3.40. The molecule has 4 aromatic rings. The van der Waals surface area contributed by atoms with Crippen molar-refractivity contribution in [3.63, 3.8) is 0 Å². The molecule has 1 atom stereocenters. The molecule has 0 fully saturated rings. The minimum Gasteiger partial charge on any atom is -0.354 e. The summed E-state index contributed by atoms with van der Waals surface area (Å²) in [6.07, 6.45) is 8.06. The molecular formula is C22H22N4O. The van der Waals surface area contributed by atoms with Gasteiger partial charge in [-0.15, -0.1) is 0 Å². The third-order valence-corrected chi connectivity index (χ3v) is 4.77. The van der Waals surface area contributed by atoms with E-state index in [4.69, 9.17) is 0 Å². The molecule has 27 heavy (non-hydrogen) atoms. The smallest absolute Gasteiger partial charge is 0.222 e. The zero-order chi connectivity index (χ0) is 18.5. The molecule has 0 saturated heterocycles. The molecule has 0 saturated carbocycles. The number of rotatable bonds is 7. The van der Waals surface area contributed by atoms with Gasteiger partial charge < -0.3 is 9.88 Å². The third kappa shape index (κ3) is 3.92. The molecule has 0 bridgehead atoms. The first-order valence-electron chi connectivity index (χ1n) is 9.15. The standard InChI is InChI=1S/C22H22N4O/c27-22(23-12-16-26-15-6-11-24-26)17-21(25-13-3-4-14-25)20-10-5-8-18-7-1-2-9-19(18)20/h1-11,13-15,21H,12,16-17H2,(H,23,27)/t21-/m1/s1. The van der Waals surface area contributed by atoms with Crippen LogP contribution >= 0.6 is 0 Å². The van der Waals surface area contributed by atoms with Gasteiger partial charge in [0.15, 0.2) is 0 Å². The molecule has 0 spiro atoms. The molecule has 4 rings (SSSR count). The predicted molar refractivity (Wildman–Crippen MR) is 106 cm³/mol. The van der Waals surface area contributed by atoms with Crippen molar-refractivity contribution in [3.05, 3.63) is 91.0 Å². The summed E-state index contributed by atoms with van der Waals surface area (Å²) in [5.74, 6) is 0.0359. The van der Waals surface area contributed by atoms with E-state index >= 15 is 0 Å². The highest BCUT2D eigenvalue weighted by Gasteiger charge is 2.19. The number of amides is 1. The number of fused-ring (bicyclic) bond motifs is 1. The largest absolute Gasteiger partial charge is 0.354 e. The Balaban J connectivity index is 1.54. The summed E-state index contributed by atoms with van der Waals surface area (Å²) in [5, 5.41) is 9.55. The molecule has 0 aliphatic carbocycles. The van der Waals surface area contributed by atoms with Crippen LogP contribution in [0.3, 0.4) is 0 Å². The van der Waals surface area contributed by atoms with Gasteiger partial charge in [0.05, 0.1) is 19.0 Å². The zero-order valence-electron chi connectivity index (χ0n) is 15.0. The second kappa shape index (κ2) is 7.91. The summed E-state index contributed by atoms with van der Waals surface area (Å²) < 4.78 is 3.92. The number of benzene rings is 2. The first kappa shape index (κ1) is 17.1. The molecule has 5 heteroatoms. The fourth-order valence-electron chi connectivity index (χ4n) is 3.46. The molecule has 2 aromatic carbocycles. The minimum atomic E-state index is -0.0456. The molecular weight excluding hydrogens is 336 g/mol. The molecule has 0 unspecified atom stereocenters. The Bertz CT molecular complexity index is 1000. The topological polar surface area (TPSA) is 51.9 Å². The number of carbonyl (C=O) groups excluding carboxylic acids is 1. The Hall–Kier alpha value is -3.34. The van der Waals surface area contributed by atoms with Crippen LogP contribution in [0, 0.1) is 0 Å². The second-order valence-electron chi connectivity index (χ2n) is 6.54. The lowest BCUT2D eigenvalue weighted by molar-refractivity contribution is -0.121. The van der Waals surface area contributed by atoms with Gasteiger partial charge in [0.1, 0.15) is 0 Å². The fraction of sp³-hybridized carbons (Fsp3) is 0.182. The van der Waals surface area contributed by atoms with Crippen molar-refractivity contribution in [2.45, 2.75) is 19.0 Å². The van der Waals surface area contributed by atoms with Gasteiger partial charge in [-0.2, -0.15) is 5.10 Å². The number of hydrogen-bond acceptors (Lipinski definition) is 2. The highest BCUT2D eigenvalue weighted by atomic mass is 16.1. The van der Waals surface area contributed by atoms with Crippen LogP contribution in [-0.2, 0) is 11.3 Å². The lowest BCUT2D eigenvalue weighted by Gasteiger charge is -2.21. The van der Waals surface area contributed by atoms with Crippen LogP contribution in [-0.4, -0.2) is 26.8 Å². The summed E-state index contributed by atoms with van der Waals surface area (Å²) in [4.78, 5) is 12.6. The summed E-state index contributed by atoms with van der Waals surface area (Å²) in [6.45, 7) is 1.23. The van der Waals surface area contributed by atoms with Gasteiger partial charge >= 0.3 is 0 Å². The van der Waals surface area contributed by atoms with Gasteiger partial charge in [0, 0.05) is 31.3 Å². The number of hydrogen-bond donors (Lipinski definition) is 1. The Morgan fingerprint density at radius 3 is 2.59 bits per heavy atom. The van der Waals surface area contributed by atoms with Crippen LogP contribution in [0.4, 0.5) is 0 Å². The van der Waals surface area contributed by atoms with Crippen LogP contribution in [0.1, 0.15) is 18.0 Å². The van der Waals surface area contributed by atoms with Crippen LogP contribution in [0.15, 0.2) is 85.5 Å². The van der Waals surface area contributed by atoms with Gasteiger partial charge in [-0.05, 0) is 34.5 Å². The van der Waals surface area contributed by atoms with E-state index in [0.717, 1.165) is 5.56 Å². The second-order valence-corrected chi connectivity index (χ2v) is 6.54. The zero-order valence-corrected chi connectivity index (χ0v) is 15.0. The Morgan fingerprint density at radius 2 is 1.78 bits per heavy atom. The minimum absolute atomic E-state index is 0.0359. The maximum absolute atomic E-state index is 12.6. The molecule has 1 amide bonds. The van der Waals surface area contributed by atoms with Crippen LogP contribution in [0.25, 0.3) is 10.8 Å². The Kier molecular flexibility index (Phi) is 5.01. The van der Waals surface area contributed by atoms with Crippen LogP contribution in [0.2, 0.25) is 0 Å². The van der Waals surface area contributed by atoms with E-state index in [-0.39, 0.29) is 11.9 Å². The van der Waals surface area contributed by atoms with E-state index in [9.17, 15) is 4.79 Å². The van der Waals surface area contributed by atoms with E-state index in [0.29, 0.717) is 19.5 Å². The normalized spacial score (nSPS) is 12.1. The van der Waals surface area contributed by atoms with Crippen molar-refractivity contribution in [2.24, 2.45) is 0 Å². The van der Waals surface area contributed by atoms with Gasteiger partial charge in [-0.1, -0.05) is 42.5 Å². The number of nitrogens with zero attached hydrogens (tertiary/aromatic N) is 3. The Morgan fingerprint density at radius 1 is 0.963 bits per heavy atom. The fourth-order valence-corrected chi connectivity index (χ4v) is 3.46. The lowest BCUT2D eigenvalue weighted by Crippen LogP contribution is -2.29. The SMILES string of the molecule is O=C(C[C@H](c1cccc2ccccc12)n1cccc1)NCCn1cccn1. The van der Waals surface area contributed by atoms with Crippen molar-refractivity contribution in [1.82, 2.24) is 19.7 Å². The average molecular weight is 358 g/mol. The first-order valence-corrected chi connectivity index (χ1v) is 9.15. The number of aromatic nitrogens is 3. The van der Waals surface area contributed by atoms with E-state index < -0.39 is 0 Å². The molecule has 136 valence electrons. The van der Waals surface area contributed by atoms with Gasteiger partial charge in [-0.3, -0.25) is 9.48 Å². The third-order valence-electron chi connectivity index (χ3n) is 4.77. The predicted octanol–water partition coefficient (Wildman–Crippen LogP) is 3.63. The molecule has 2 heterocycles. The molecule has 5 nitrogen and oxygen atoms in total. The molecule has 0 radical (unpaired) electrons. The first-order chi connectivity index (χ1) is 13.3. The van der Waals surface area contributed by atoms with Crippen molar-refractivity contribution in [1.29, 1.82) is 0 Å².